The minimum atomic E-state index is 0.431. The highest BCUT2D eigenvalue weighted by atomic mass is 16.5. The Hall–Kier alpha value is -0.900. The van der Waals surface area contributed by atoms with Gasteiger partial charge >= 0.3 is 0 Å². The molecule has 2 heterocycles. The normalized spacial score (nSPS) is 31.2. The third-order valence-electron chi connectivity index (χ3n) is 4.88. The first-order chi connectivity index (χ1) is 10.4. The van der Waals surface area contributed by atoms with Crippen molar-refractivity contribution in [2.24, 2.45) is 0 Å². The summed E-state index contributed by atoms with van der Waals surface area (Å²) < 4.78 is 5.97. The van der Waals surface area contributed by atoms with Gasteiger partial charge in [-0.1, -0.05) is 37.3 Å². The molecule has 116 valence electrons. The fraction of sp³-hybridized carbons (Fsp3) is 0.667. The van der Waals surface area contributed by atoms with E-state index in [0.717, 1.165) is 26.2 Å². The van der Waals surface area contributed by atoms with Crippen molar-refractivity contribution in [2.45, 2.75) is 50.8 Å². The molecule has 2 fully saturated rings. The van der Waals surface area contributed by atoms with Crippen molar-refractivity contribution in [3.05, 3.63) is 35.9 Å². The molecule has 1 aromatic rings. The van der Waals surface area contributed by atoms with Crippen molar-refractivity contribution in [3.63, 3.8) is 0 Å². The summed E-state index contributed by atoms with van der Waals surface area (Å²) in [4.78, 5) is 2.65. The fourth-order valence-corrected chi connectivity index (χ4v) is 3.57. The van der Waals surface area contributed by atoms with Gasteiger partial charge < -0.3 is 10.1 Å². The quantitative estimate of drug-likeness (QED) is 0.922. The molecule has 0 aromatic heterocycles. The first-order valence-corrected chi connectivity index (χ1v) is 8.50. The summed E-state index contributed by atoms with van der Waals surface area (Å²) in [5.41, 5.74) is 1.43. The molecule has 0 radical (unpaired) electrons. The van der Waals surface area contributed by atoms with Gasteiger partial charge in [0.1, 0.15) is 0 Å². The summed E-state index contributed by atoms with van der Waals surface area (Å²) in [6.45, 7) is 6.49. The van der Waals surface area contributed by atoms with Gasteiger partial charge in [0.2, 0.25) is 0 Å². The summed E-state index contributed by atoms with van der Waals surface area (Å²) in [6.07, 6.45) is 5.41. The molecule has 0 bridgehead atoms. The van der Waals surface area contributed by atoms with E-state index in [1.54, 1.807) is 0 Å². The maximum atomic E-state index is 5.97. The summed E-state index contributed by atoms with van der Waals surface area (Å²) >= 11 is 0. The lowest BCUT2D eigenvalue weighted by Crippen LogP contribution is -2.54. The molecule has 0 saturated carbocycles. The maximum Gasteiger partial charge on any atom is 0.0702 e. The molecule has 3 nitrogen and oxygen atoms in total. The second kappa shape index (κ2) is 7.39. The highest BCUT2D eigenvalue weighted by Crippen LogP contribution is 2.26. The lowest BCUT2D eigenvalue weighted by molar-refractivity contribution is -0.0218. The van der Waals surface area contributed by atoms with E-state index in [0.29, 0.717) is 18.2 Å². The standard InChI is InChI=1S/C18H28N2O/c1-2-16-13-20(14-17-10-6-7-11-21-17)18(12-19-16)15-8-4-3-5-9-15/h3-5,8-9,16-19H,2,6-7,10-14H2,1H3. The van der Waals surface area contributed by atoms with E-state index in [1.807, 2.05) is 0 Å². The molecule has 21 heavy (non-hydrogen) atoms. The zero-order chi connectivity index (χ0) is 14.5. The Kier molecular flexibility index (Phi) is 5.28. The number of hydrogen-bond donors (Lipinski definition) is 1. The van der Waals surface area contributed by atoms with Crippen LogP contribution in [-0.4, -0.2) is 43.3 Å². The molecule has 2 aliphatic rings. The number of nitrogens with one attached hydrogen (secondary N) is 1. The molecule has 3 heteroatoms. The molecule has 0 aliphatic carbocycles. The van der Waals surface area contributed by atoms with E-state index < -0.39 is 0 Å². The van der Waals surface area contributed by atoms with Crippen molar-refractivity contribution in [2.75, 3.05) is 26.2 Å². The van der Waals surface area contributed by atoms with Crippen LogP contribution in [-0.2, 0) is 4.74 Å². The number of nitrogens with zero attached hydrogens (tertiary/aromatic N) is 1. The molecule has 0 spiro atoms. The van der Waals surface area contributed by atoms with E-state index in [-0.39, 0.29) is 0 Å². The van der Waals surface area contributed by atoms with Crippen LogP contribution in [0.4, 0.5) is 0 Å². The van der Waals surface area contributed by atoms with E-state index in [4.69, 9.17) is 4.74 Å². The van der Waals surface area contributed by atoms with E-state index in [2.05, 4.69) is 47.5 Å². The fourth-order valence-electron chi connectivity index (χ4n) is 3.57. The highest BCUT2D eigenvalue weighted by molar-refractivity contribution is 5.20. The summed E-state index contributed by atoms with van der Waals surface area (Å²) in [5.74, 6) is 0. The highest BCUT2D eigenvalue weighted by Gasteiger charge is 2.30. The van der Waals surface area contributed by atoms with Crippen LogP contribution in [0.1, 0.15) is 44.2 Å². The number of hydrogen-bond acceptors (Lipinski definition) is 3. The van der Waals surface area contributed by atoms with Gasteiger partial charge in [-0.25, -0.2) is 0 Å². The second-order valence-electron chi connectivity index (χ2n) is 6.38. The van der Waals surface area contributed by atoms with E-state index in [9.17, 15) is 0 Å². The largest absolute Gasteiger partial charge is 0.377 e. The van der Waals surface area contributed by atoms with Gasteiger partial charge in [0.25, 0.3) is 0 Å². The third kappa shape index (κ3) is 3.85. The Morgan fingerprint density at radius 1 is 1.24 bits per heavy atom. The van der Waals surface area contributed by atoms with E-state index >= 15 is 0 Å². The SMILES string of the molecule is CCC1CN(CC2CCCCO2)C(c2ccccc2)CN1. The van der Waals surface area contributed by atoms with Crippen molar-refractivity contribution in [1.82, 2.24) is 10.2 Å². The maximum absolute atomic E-state index is 5.97. The van der Waals surface area contributed by atoms with Gasteiger partial charge in [0.05, 0.1) is 6.10 Å². The van der Waals surface area contributed by atoms with Gasteiger partial charge in [-0.3, -0.25) is 4.90 Å². The Morgan fingerprint density at radius 2 is 2.10 bits per heavy atom. The van der Waals surface area contributed by atoms with Crippen molar-refractivity contribution in [3.8, 4) is 0 Å². The Morgan fingerprint density at radius 3 is 2.81 bits per heavy atom. The molecular formula is C18H28N2O. The molecule has 2 saturated heterocycles. The predicted octanol–water partition coefficient (Wildman–Crippen LogP) is 2.98. The van der Waals surface area contributed by atoms with Crippen LogP contribution in [0.2, 0.25) is 0 Å². The van der Waals surface area contributed by atoms with Gasteiger partial charge in [-0.15, -0.1) is 0 Å². The lowest BCUT2D eigenvalue weighted by Gasteiger charge is -2.42. The Bertz CT molecular complexity index is 416. The predicted molar refractivity (Wildman–Crippen MR) is 86.4 cm³/mol. The van der Waals surface area contributed by atoms with Crippen LogP contribution in [0.5, 0.6) is 0 Å². The molecule has 2 aliphatic heterocycles. The van der Waals surface area contributed by atoms with Gasteiger partial charge in [-0.2, -0.15) is 0 Å². The molecule has 3 rings (SSSR count). The van der Waals surface area contributed by atoms with Crippen molar-refractivity contribution in [1.29, 1.82) is 0 Å². The topological polar surface area (TPSA) is 24.5 Å². The molecule has 1 aromatic carbocycles. The Balaban J connectivity index is 1.70. The second-order valence-corrected chi connectivity index (χ2v) is 6.38. The van der Waals surface area contributed by atoms with Crippen LogP contribution in [0.15, 0.2) is 30.3 Å². The Labute approximate surface area is 128 Å². The average Bonchev–Trinajstić information content (AvgIpc) is 2.56. The van der Waals surface area contributed by atoms with Crippen LogP contribution in [0.3, 0.4) is 0 Å². The minimum absolute atomic E-state index is 0.431. The van der Waals surface area contributed by atoms with Crippen LogP contribution in [0, 0.1) is 0 Å². The molecule has 3 unspecified atom stereocenters. The van der Waals surface area contributed by atoms with Gasteiger partial charge in [-0.05, 0) is 31.2 Å². The number of ether oxygens (including phenoxy) is 1. The first-order valence-electron chi connectivity index (χ1n) is 8.50. The summed E-state index contributed by atoms with van der Waals surface area (Å²) in [6, 6.07) is 12.0. The number of rotatable bonds is 4. The van der Waals surface area contributed by atoms with Crippen LogP contribution < -0.4 is 5.32 Å². The minimum Gasteiger partial charge on any atom is -0.377 e. The summed E-state index contributed by atoms with van der Waals surface area (Å²) in [5, 5.41) is 3.70. The zero-order valence-electron chi connectivity index (χ0n) is 13.1. The van der Waals surface area contributed by atoms with Crippen LogP contribution in [0.25, 0.3) is 0 Å². The summed E-state index contributed by atoms with van der Waals surface area (Å²) in [7, 11) is 0. The van der Waals surface area contributed by atoms with Gasteiger partial charge in [0, 0.05) is 38.3 Å². The molecule has 1 N–H and O–H groups in total. The number of benzene rings is 1. The average molecular weight is 288 g/mol. The van der Waals surface area contributed by atoms with Crippen molar-refractivity contribution < 1.29 is 4.74 Å². The molecule has 0 amide bonds. The van der Waals surface area contributed by atoms with E-state index in [1.165, 1.54) is 31.2 Å². The van der Waals surface area contributed by atoms with Crippen LogP contribution >= 0.6 is 0 Å². The lowest BCUT2D eigenvalue weighted by atomic mass is 9.98. The third-order valence-corrected chi connectivity index (χ3v) is 4.88. The molecule has 3 atom stereocenters. The first kappa shape index (κ1) is 15.0. The van der Waals surface area contributed by atoms with Crippen molar-refractivity contribution >= 4 is 0 Å². The number of piperazine rings is 1. The molecular weight excluding hydrogens is 260 g/mol. The van der Waals surface area contributed by atoms with Gasteiger partial charge in [0.15, 0.2) is 0 Å². The zero-order valence-corrected chi connectivity index (χ0v) is 13.1. The smallest absolute Gasteiger partial charge is 0.0702 e. The monoisotopic (exact) mass is 288 g/mol.